The molecule has 0 amide bonds. The predicted molar refractivity (Wildman–Crippen MR) is 89.3 cm³/mol. The summed E-state index contributed by atoms with van der Waals surface area (Å²) in [5, 5.41) is 12.4. The van der Waals surface area contributed by atoms with Crippen LogP contribution in [0.3, 0.4) is 0 Å². The van der Waals surface area contributed by atoms with Crippen molar-refractivity contribution in [1.29, 1.82) is 0 Å². The highest BCUT2D eigenvalue weighted by Gasteiger charge is 2.07. The topological polar surface area (TPSA) is 49.3 Å². The minimum absolute atomic E-state index is 0.326. The number of aryl methyl sites for hydroxylation is 2. The van der Waals surface area contributed by atoms with Gasteiger partial charge in [0, 0.05) is 12.6 Å². The summed E-state index contributed by atoms with van der Waals surface area (Å²) in [7, 11) is 0. The SMILES string of the molecule is Cc1ccc(CC(C)NCc2ccc(C(=O)O)cc2)c(C)c1. The Balaban J connectivity index is 1.89. The van der Waals surface area contributed by atoms with Crippen LogP contribution in [0.4, 0.5) is 0 Å². The molecule has 2 aromatic carbocycles. The van der Waals surface area contributed by atoms with Crippen LogP contribution in [0.1, 0.15) is 39.5 Å². The highest BCUT2D eigenvalue weighted by Crippen LogP contribution is 2.13. The van der Waals surface area contributed by atoms with Crippen LogP contribution in [-0.2, 0) is 13.0 Å². The lowest BCUT2D eigenvalue weighted by Crippen LogP contribution is -2.27. The van der Waals surface area contributed by atoms with E-state index in [0.29, 0.717) is 11.6 Å². The molecular formula is C19H23NO2. The third-order valence-electron chi connectivity index (χ3n) is 3.88. The predicted octanol–water partition coefficient (Wildman–Crippen LogP) is 3.72. The van der Waals surface area contributed by atoms with Crippen LogP contribution in [0, 0.1) is 13.8 Å². The summed E-state index contributed by atoms with van der Waals surface area (Å²) in [6.45, 7) is 7.18. The second kappa shape index (κ2) is 7.23. The zero-order valence-corrected chi connectivity index (χ0v) is 13.4. The van der Waals surface area contributed by atoms with Crippen molar-refractivity contribution in [2.45, 2.75) is 39.8 Å². The molecule has 0 aliphatic rings. The highest BCUT2D eigenvalue weighted by atomic mass is 16.4. The molecule has 0 aliphatic heterocycles. The molecule has 0 saturated heterocycles. The average molecular weight is 297 g/mol. The molecule has 3 nitrogen and oxygen atoms in total. The maximum Gasteiger partial charge on any atom is 0.335 e. The van der Waals surface area contributed by atoms with E-state index in [9.17, 15) is 4.79 Å². The number of hydrogen-bond acceptors (Lipinski definition) is 2. The van der Waals surface area contributed by atoms with Crippen molar-refractivity contribution in [3.8, 4) is 0 Å². The molecule has 22 heavy (non-hydrogen) atoms. The van der Waals surface area contributed by atoms with Gasteiger partial charge in [0.05, 0.1) is 5.56 Å². The standard InChI is InChI=1S/C19H23NO2/c1-13-4-7-18(14(2)10-13)11-15(3)20-12-16-5-8-17(9-6-16)19(21)22/h4-10,15,20H,11-12H2,1-3H3,(H,21,22). The summed E-state index contributed by atoms with van der Waals surface area (Å²) >= 11 is 0. The largest absolute Gasteiger partial charge is 0.478 e. The van der Waals surface area contributed by atoms with E-state index in [-0.39, 0.29) is 0 Å². The molecule has 1 atom stereocenters. The zero-order valence-electron chi connectivity index (χ0n) is 13.4. The Labute approximate surface area is 132 Å². The number of benzene rings is 2. The Kier molecular flexibility index (Phi) is 5.34. The quantitative estimate of drug-likeness (QED) is 0.854. The first-order valence-electron chi connectivity index (χ1n) is 7.57. The third kappa shape index (κ3) is 4.43. The van der Waals surface area contributed by atoms with Crippen molar-refractivity contribution in [2.24, 2.45) is 0 Å². The van der Waals surface area contributed by atoms with Crippen molar-refractivity contribution < 1.29 is 9.90 Å². The molecule has 1 unspecified atom stereocenters. The monoisotopic (exact) mass is 297 g/mol. The van der Waals surface area contributed by atoms with Gasteiger partial charge in [-0.25, -0.2) is 4.79 Å². The van der Waals surface area contributed by atoms with Crippen LogP contribution in [-0.4, -0.2) is 17.1 Å². The second-order valence-corrected chi connectivity index (χ2v) is 5.92. The summed E-state index contributed by atoms with van der Waals surface area (Å²) in [5.74, 6) is -0.886. The van der Waals surface area contributed by atoms with Crippen LogP contribution in [0.5, 0.6) is 0 Å². The molecule has 3 heteroatoms. The van der Waals surface area contributed by atoms with Gasteiger partial charge in [0.1, 0.15) is 0 Å². The fourth-order valence-electron chi connectivity index (χ4n) is 2.53. The van der Waals surface area contributed by atoms with Crippen LogP contribution >= 0.6 is 0 Å². The van der Waals surface area contributed by atoms with Gasteiger partial charge in [-0.15, -0.1) is 0 Å². The summed E-state index contributed by atoms with van der Waals surface area (Å²) < 4.78 is 0. The van der Waals surface area contributed by atoms with Crippen molar-refractivity contribution in [3.63, 3.8) is 0 Å². The van der Waals surface area contributed by atoms with Gasteiger partial charge in [-0.1, -0.05) is 35.9 Å². The summed E-state index contributed by atoms with van der Waals surface area (Å²) in [6, 6.07) is 13.9. The van der Waals surface area contributed by atoms with E-state index >= 15 is 0 Å². The van der Waals surface area contributed by atoms with Gasteiger partial charge in [0.15, 0.2) is 0 Å². The lowest BCUT2D eigenvalue weighted by molar-refractivity contribution is 0.0697. The number of carboxylic acids is 1. The van der Waals surface area contributed by atoms with Crippen molar-refractivity contribution >= 4 is 5.97 Å². The summed E-state index contributed by atoms with van der Waals surface area (Å²) in [5.41, 5.74) is 5.41. The molecule has 0 bridgehead atoms. The fraction of sp³-hybridized carbons (Fsp3) is 0.316. The number of carboxylic acid groups (broad SMARTS) is 1. The van der Waals surface area contributed by atoms with E-state index < -0.39 is 5.97 Å². The molecule has 0 heterocycles. The molecule has 0 radical (unpaired) electrons. The zero-order chi connectivity index (χ0) is 16.1. The first kappa shape index (κ1) is 16.2. The Morgan fingerprint density at radius 1 is 1.14 bits per heavy atom. The number of nitrogens with one attached hydrogen (secondary N) is 1. The van der Waals surface area contributed by atoms with Gasteiger partial charge >= 0.3 is 5.97 Å². The minimum Gasteiger partial charge on any atom is -0.478 e. The Morgan fingerprint density at radius 2 is 1.82 bits per heavy atom. The van der Waals surface area contributed by atoms with Crippen molar-refractivity contribution in [3.05, 3.63) is 70.3 Å². The first-order valence-corrected chi connectivity index (χ1v) is 7.57. The van der Waals surface area contributed by atoms with Gasteiger partial charge in [0.2, 0.25) is 0 Å². The number of aromatic carboxylic acids is 1. The molecular weight excluding hydrogens is 274 g/mol. The van der Waals surface area contributed by atoms with E-state index in [1.54, 1.807) is 12.1 Å². The van der Waals surface area contributed by atoms with E-state index in [2.05, 4.69) is 44.3 Å². The van der Waals surface area contributed by atoms with Crippen LogP contribution in [0.15, 0.2) is 42.5 Å². The van der Waals surface area contributed by atoms with Crippen molar-refractivity contribution in [2.75, 3.05) is 0 Å². The summed E-state index contributed by atoms with van der Waals surface area (Å²) in [4.78, 5) is 10.8. The Morgan fingerprint density at radius 3 is 2.41 bits per heavy atom. The Hall–Kier alpha value is -2.13. The van der Waals surface area contributed by atoms with E-state index in [4.69, 9.17) is 5.11 Å². The minimum atomic E-state index is -0.886. The average Bonchev–Trinajstić information content (AvgIpc) is 2.48. The molecule has 0 fully saturated rings. The highest BCUT2D eigenvalue weighted by molar-refractivity contribution is 5.87. The summed E-state index contributed by atoms with van der Waals surface area (Å²) in [6.07, 6.45) is 0.985. The molecule has 0 aliphatic carbocycles. The molecule has 2 N–H and O–H groups in total. The van der Waals surface area contributed by atoms with Gasteiger partial charge in [-0.3, -0.25) is 0 Å². The lowest BCUT2D eigenvalue weighted by atomic mass is 10.00. The third-order valence-corrected chi connectivity index (χ3v) is 3.88. The maximum atomic E-state index is 10.8. The van der Waals surface area contributed by atoms with Crippen LogP contribution in [0.2, 0.25) is 0 Å². The molecule has 0 saturated carbocycles. The van der Waals surface area contributed by atoms with E-state index in [1.807, 2.05) is 12.1 Å². The number of rotatable bonds is 6. The molecule has 0 aromatic heterocycles. The van der Waals surface area contributed by atoms with E-state index in [0.717, 1.165) is 18.5 Å². The lowest BCUT2D eigenvalue weighted by Gasteiger charge is -2.16. The van der Waals surface area contributed by atoms with Gasteiger partial charge in [-0.05, 0) is 56.0 Å². The number of hydrogen-bond donors (Lipinski definition) is 2. The van der Waals surface area contributed by atoms with Gasteiger partial charge in [0.25, 0.3) is 0 Å². The first-order chi connectivity index (χ1) is 10.5. The smallest absolute Gasteiger partial charge is 0.335 e. The van der Waals surface area contributed by atoms with Gasteiger partial charge in [-0.2, -0.15) is 0 Å². The van der Waals surface area contributed by atoms with E-state index in [1.165, 1.54) is 16.7 Å². The fourth-order valence-corrected chi connectivity index (χ4v) is 2.53. The van der Waals surface area contributed by atoms with Gasteiger partial charge < -0.3 is 10.4 Å². The molecule has 2 aromatic rings. The molecule has 116 valence electrons. The second-order valence-electron chi connectivity index (χ2n) is 5.92. The molecule has 2 rings (SSSR count). The van der Waals surface area contributed by atoms with Crippen LogP contribution in [0.25, 0.3) is 0 Å². The van der Waals surface area contributed by atoms with Crippen molar-refractivity contribution in [1.82, 2.24) is 5.32 Å². The molecule has 0 spiro atoms. The maximum absolute atomic E-state index is 10.8. The Bertz CT molecular complexity index is 647. The van der Waals surface area contributed by atoms with Crippen LogP contribution < -0.4 is 5.32 Å². The normalized spacial score (nSPS) is 12.1. The number of carbonyl (C=O) groups is 1.